The van der Waals surface area contributed by atoms with Crippen LogP contribution in [0, 0.1) is 20.8 Å². The van der Waals surface area contributed by atoms with Crippen molar-refractivity contribution in [2.45, 2.75) is 27.3 Å². The molecule has 2 nitrogen and oxygen atoms in total. The zero-order valence-corrected chi connectivity index (χ0v) is 22.4. The molecule has 3 heteroatoms. The van der Waals surface area contributed by atoms with Gasteiger partial charge in [0.15, 0.2) is 0 Å². The molecule has 6 aromatic rings. The van der Waals surface area contributed by atoms with E-state index in [1.807, 2.05) is 0 Å². The smallest absolute Gasteiger partial charge is 0.225 e. The van der Waals surface area contributed by atoms with Gasteiger partial charge in [-0.15, -0.1) is 0 Å². The highest BCUT2D eigenvalue weighted by molar-refractivity contribution is 9.10. The standard InChI is InChI=1S/C33H28BrN2/c1-22-18-23(2)29(24(3)19-22)21-35-16-17-36-30-15-14-27(34)20-28(30)31(25-10-6-4-7-11-25)32(33(35)36)26-12-8-5-9-13-26/h4-20H,21H2,1-3H3/q+1. The van der Waals surface area contributed by atoms with Gasteiger partial charge < -0.3 is 0 Å². The first kappa shape index (κ1) is 22.8. The molecule has 0 unspecified atom stereocenters. The van der Waals surface area contributed by atoms with Gasteiger partial charge in [-0.25, -0.2) is 4.57 Å². The Morgan fingerprint density at radius 2 is 1.33 bits per heavy atom. The molecule has 0 aliphatic rings. The van der Waals surface area contributed by atoms with E-state index in [9.17, 15) is 0 Å². The molecular formula is C33H28BrN2+. The SMILES string of the molecule is Cc1cc(C)c(C[n+]2ccn3c4ccc(Br)cc4c(-c4ccccc4)c(-c4ccccc4)c32)c(C)c1. The number of benzene rings is 4. The van der Waals surface area contributed by atoms with Gasteiger partial charge in [-0.1, -0.05) is 94.3 Å². The first-order valence-electron chi connectivity index (χ1n) is 12.3. The van der Waals surface area contributed by atoms with Gasteiger partial charge in [0.1, 0.15) is 24.5 Å². The summed E-state index contributed by atoms with van der Waals surface area (Å²) in [6.45, 7) is 7.46. The largest absolute Gasteiger partial charge is 0.295 e. The first-order valence-corrected chi connectivity index (χ1v) is 13.1. The Morgan fingerprint density at radius 1 is 0.722 bits per heavy atom. The van der Waals surface area contributed by atoms with E-state index in [-0.39, 0.29) is 0 Å². The minimum atomic E-state index is 0.824. The first-order chi connectivity index (χ1) is 17.5. The third-order valence-electron chi connectivity index (χ3n) is 7.15. The van der Waals surface area contributed by atoms with Crippen LogP contribution >= 0.6 is 15.9 Å². The van der Waals surface area contributed by atoms with Crippen LogP contribution in [-0.2, 0) is 6.54 Å². The van der Waals surface area contributed by atoms with Gasteiger partial charge in [0.2, 0.25) is 0 Å². The maximum atomic E-state index is 3.74. The number of fused-ring (bicyclic) bond motifs is 3. The van der Waals surface area contributed by atoms with Crippen molar-refractivity contribution in [2.24, 2.45) is 0 Å². The molecule has 2 heterocycles. The van der Waals surface area contributed by atoms with Gasteiger partial charge >= 0.3 is 0 Å². The summed E-state index contributed by atoms with van der Waals surface area (Å²) in [4.78, 5) is 0. The van der Waals surface area contributed by atoms with Gasteiger partial charge in [0, 0.05) is 15.4 Å². The minimum absolute atomic E-state index is 0.824. The van der Waals surface area contributed by atoms with Gasteiger partial charge in [0.25, 0.3) is 5.65 Å². The number of aromatic nitrogens is 2. The van der Waals surface area contributed by atoms with E-state index in [1.54, 1.807) is 0 Å². The van der Waals surface area contributed by atoms with Gasteiger partial charge in [0.05, 0.1) is 5.56 Å². The second kappa shape index (κ2) is 9.07. The van der Waals surface area contributed by atoms with E-state index in [0.717, 1.165) is 11.0 Å². The Hall–Kier alpha value is -3.69. The molecule has 2 aromatic heterocycles. The molecule has 0 fully saturated rings. The normalized spacial score (nSPS) is 11.4. The van der Waals surface area contributed by atoms with E-state index >= 15 is 0 Å². The average Bonchev–Trinajstić information content (AvgIpc) is 3.29. The predicted molar refractivity (Wildman–Crippen MR) is 153 cm³/mol. The van der Waals surface area contributed by atoms with E-state index in [2.05, 4.69) is 149 Å². The minimum Gasteiger partial charge on any atom is -0.225 e. The number of halogens is 1. The van der Waals surface area contributed by atoms with Crippen LogP contribution in [0.15, 0.2) is 108 Å². The number of hydrogen-bond acceptors (Lipinski definition) is 0. The molecule has 36 heavy (non-hydrogen) atoms. The molecule has 0 saturated carbocycles. The highest BCUT2D eigenvalue weighted by Gasteiger charge is 2.26. The summed E-state index contributed by atoms with van der Waals surface area (Å²) >= 11 is 3.74. The fourth-order valence-corrected chi connectivity index (χ4v) is 5.95. The van der Waals surface area contributed by atoms with Gasteiger partial charge in [-0.3, -0.25) is 0 Å². The van der Waals surface area contributed by atoms with E-state index in [1.165, 1.54) is 61.1 Å². The molecule has 0 saturated heterocycles. The summed E-state index contributed by atoms with van der Waals surface area (Å²) in [5, 5.41) is 1.23. The summed E-state index contributed by atoms with van der Waals surface area (Å²) < 4.78 is 5.85. The van der Waals surface area contributed by atoms with Crippen LogP contribution in [0.25, 0.3) is 38.8 Å². The quantitative estimate of drug-likeness (QED) is 0.201. The van der Waals surface area contributed by atoms with Crippen LogP contribution in [0.3, 0.4) is 0 Å². The van der Waals surface area contributed by atoms with E-state index < -0.39 is 0 Å². The lowest BCUT2D eigenvalue weighted by Crippen LogP contribution is -2.34. The topological polar surface area (TPSA) is 8.29 Å². The Bertz CT molecular complexity index is 1710. The molecule has 0 amide bonds. The fraction of sp³-hybridized carbons (Fsp3) is 0.121. The van der Waals surface area contributed by atoms with Crippen molar-refractivity contribution in [1.82, 2.24) is 4.40 Å². The molecule has 0 radical (unpaired) electrons. The summed E-state index contributed by atoms with van der Waals surface area (Å²) in [5.74, 6) is 0. The molecule has 0 atom stereocenters. The van der Waals surface area contributed by atoms with E-state index in [0.29, 0.717) is 0 Å². The average molecular weight is 533 g/mol. The van der Waals surface area contributed by atoms with Crippen LogP contribution in [-0.4, -0.2) is 4.40 Å². The summed E-state index contributed by atoms with van der Waals surface area (Å²) in [7, 11) is 0. The third kappa shape index (κ3) is 3.84. The van der Waals surface area contributed by atoms with Crippen molar-refractivity contribution in [2.75, 3.05) is 0 Å². The van der Waals surface area contributed by atoms with Crippen molar-refractivity contribution in [1.29, 1.82) is 0 Å². The molecule has 0 aliphatic carbocycles. The number of nitrogens with zero attached hydrogens (tertiary/aromatic N) is 2. The van der Waals surface area contributed by atoms with Crippen molar-refractivity contribution >= 4 is 32.5 Å². The summed E-state index contributed by atoms with van der Waals surface area (Å²) in [6.07, 6.45) is 4.45. The van der Waals surface area contributed by atoms with Crippen LogP contribution in [0.1, 0.15) is 22.3 Å². The summed E-state index contributed by atoms with van der Waals surface area (Å²) in [5.41, 5.74) is 12.7. The Labute approximate surface area is 220 Å². The number of rotatable bonds is 4. The highest BCUT2D eigenvalue weighted by Crippen LogP contribution is 2.41. The maximum absolute atomic E-state index is 3.74. The third-order valence-corrected chi connectivity index (χ3v) is 7.64. The molecule has 4 aromatic carbocycles. The number of imidazole rings is 1. The van der Waals surface area contributed by atoms with Crippen molar-refractivity contribution in [3.8, 4) is 22.3 Å². The van der Waals surface area contributed by atoms with Crippen LogP contribution in [0.4, 0.5) is 0 Å². The maximum Gasteiger partial charge on any atom is 0.295 e. The molecule has 0 bridgehead atoms. The highest BCUT2D eigenvalue weighted by atomic mass is 79.9. The molecule has 176 valence electrons. The van der Waals surface area contributed by atoms with Crippen LogP contribution < -0.4 is 4.57 Å². The Kier molecular flexibility index (Phi) is 5.73. The van der Waals surface area contributed by atoms with Crippen molar-refractivity contribution in [3.05, 3.63) is 130 Å². The summed E-state index contributed by atoms with van der Waals surface area (Å²) in [6, 6.07) is 32.8. The number of pyridine rings is 1. The zero-order valence-electron chi connectivity index (χ0n) is 20.8. The lowest BCUT2D eigenvalue weighted by atomic mass is 9.91. The number of aryl methyl sites for hydroxylation is 3. The van der Waals surface area contributed by atoms with E-state index in [4.69, 9.17) is 0 Å². The molecule has 6 rings (SSSR count). The lowest BCUT2D eigenvalue weighted by molar-refractivity contribution is -0.661. The van der Waals surface area contributed by atoms with Crippen molar-refractivity contribution in [3.63, 3.8) is 0 Å². The monoisotopic (exact) mass is 531 g/mol. The van der Waals surface area contributed by atoms with Gasteiger partial charge in [-0.2, -0.15) is 4.40 Å². The zero-order chi connectivity index (χ0) is 24.8. The molecular weight excluding hydrogens is 504 g/mol. The Balaban J connectivity index is 1.76. The second-order valence-electron chi connectivity index (χ2n) is 9.64. The molecule has 0 aliphatic heterocycles. The van der Waals surface area contributed by atoms with Crippen LogP contribution in [0.2, 0.25) is 0 Å². The second-order valence-corrected chi connectivity index (χ2v) is 10.6. The van der Waals surface area contributed by atoms with Crippen LogP contribution in [0.5, 0.6) is 0 Å². The predicted octanol–water partition coefficient (Wildman–Crippen LogP) is 8.45. The van der Waals surface area contributed by atoms with Crippen molar-refractivity contribution < 1.29 is 4.57 Å². The molecule has 0 spiro atoms. The fourth-order valence-electron chi connectivity index (χ4n) is 5.59. The lowest BCUT2D eigenvalue weighted by Gasteiger charge is -2.15. The Morgan fingerprint density at radius 3 is 1.97 bits per heavy atom. The van der Waals surface area contributed by atoms with Gasteiger partial charge in [-0.05, 0) is 66.8 Å². The number of hydrogen-bond donors (Lipinski definition) is 0. The molecule has 0 N–H and O–H groups in total.